The van der Waals surface area contributed by atoms with Crippen LogP contribution in [0.15, 0.2) is 0 Å². The molecular weight excluding hydrogens is 911 g/mol. The average molecular weight is 938 g/mol. The summed E-state index contributed by atoms with van der Waals surface area (Å²) in [5, 5.41) is 0. The summed E-state index contributed by atoms with van der Waals surface area (Å²) in [5.74, 6) is 2.47. The van der Waals surface area contributed by atoms with Crippen LogP contribution in [-0.4, -0.2) is 76.4 Å². The fraction of sp³-hybridized carbons (Fsp3) is 0.812. The van der Waals surface area contributed by atoms with Gasteiger partial charge in [-0.3, -0.25) is 0 Å². The molecule has 11 heteroatoms. The smallest absolute Gasteiger partial charge is 0.232 e. The monoisotopic (exact) mass is 938 g/mol. The Labute approximate surface area is 231 Å². The summed E-state index contributed by atoms with van der Waals surface area (Å²) >= 11 is 12.1. The average Bonchev–Trinajstić information content (AvgIpc) is 2.67. The Kier molecular flexibility index (Phi) is 16.8. The van der Waals surface area contributed by atoms with Crippen molar-refractivity contribution in [2.24, 2.45) is 0 Å². The van der Waals surface area contributed by atoms with Crippen molar-refractivity contribution in [3.63, 3.8) is 0 Å². The Hall–Kier alpha value is 2.06. The van der Waals surface area contributed by atoms with Crippen LogP contribution in [-0.2, 0) is 0 Å². The van der Waals surface area contributed by atoms with Crippen LogP contribution in [0.1, 0.15) is 13.3 Å². The van der Waals surface area contributed by atoms with Gasteiger partial charge < -0.3 is 14.7 Å². The van der Waals surface area contributed by atoms with E-state index in [9.17, 15) is 0 Å². The lowest BCUT2D eigenvalue weighted by Gasteiger charge is -2.28. The van der Waals surface area contributed by atoms with Gasteiger partial charge in [0.1, 0.15) is 0 Å². The third kappa shape index (κ3) is 9.82. The van der Waals surface area contributed by atoms with Gasteiger partial charge in [0.15, 0.2) is 0 Å². The van der Waals surface area contributed by atoms with Crippen molar-refractivity contribution in [2.75, 3.05) is 76.1 Å². The van der Waals surface area contributed by atoms with Crippen LogP contribution in [0.25, 0.3) is 0 Å². The first-order valence-electron chi connectivity index (χ1n) is 8.95. The summed E-state index contributed by atoms with van der Waals surface area (Å²) < 4.78 is 5.29. The highest BCUT2D eigenvalue weighted by molar-refractivity contribution is 14.1. The maximum Gasteiger partial charge on any atom is 0.232 e. The number of hydrogen-bond acceptors (Lipinski definition) is 6. The van der Waals surface area contributed by atoms with E-state index >= 15 is 0 Å². The van der Waals surface area contributed by atoms with Crippen LogP contribution < -0.4 is 14.7 Å². The quantitative estimate of drug-likeness (QED) is 0.185. The number of aromatic nitrogens is 3. The topological polar surface area (TPSA) is 48.4 Å². The van der Waals surface area contributed by atoms with Crippen molar-refractivity contribution in [3.8, 4) is 0 Å². The molecule has 1 aromatic rings. The molecule has 6 nitrogen and oxygen atoms in total. The zero-order chi connectivity index (χ0) is 20.1. The largest absolute Gasteiger partial charge is 0.340 e. The van der Waals surface area contributed by atoms with Gasteiger partial charge in [-0.25, -0.2) is 0 Å². The molecule has 0 N–H and O–H groups in total. The summed E-state index contributed by atoms with van der Waals surface area (Å²) in [6, 6.07) is 0. The Bertz CT molecular complexity index is 422. The van der Waals surface area contributed by atoms with Crippen LogP contribution in [0.2, 0.25) is 0 Å². The number of nitrogens with zero attached hydrogens (tertiary/aromatic N) is 6. The third-order valence-electron chi connectivity index (χ3n) is 3.71. The minimum absolute atomic E-state index is 0.824. The predicted molar refractivity (Wildman–Crippen MR) is 161 cm³/mol. The molecule has 1 rings (SSSR count). The minimum Gasteiger partial charge on any atom is -0.340 e. The van der Waals surface area contributed by atoms with Crippen molar-refractivity contribution in [1.29, 1.82) is 0 Å². The van der Waals surface area contributed by atoms with E-state index in [2.05, 4.69) is 135 Å². The highest BCUT2D eigenvalue weighted by Gasteiger charge is 2.19. The number of anilines is 3. The number of alkyl halides is 5. The normalized spacial score (nSPS) is 10.9. The second-order valence-corrected chi connectivity index (χ2v) is 11.0. The van der Waals surface area contributed by atoms with E-state index in [0.29, 0.717) is 0 Å². The van der Waals surface area contributed by atoms with E-state index in [1.165, 1.54) is 0 Å². The van der Waals surface area contributed by atoms with E-state index in [4.69, 9.17) is 15.0 Å². The third-order valence-corrected chi connectivity index (χ3v) is 6.13. The molecular formula is C16H27I5N6. The molecule has 0 aliphatic rings. The Morgan fingerprint density at radius 3 is 1.00 bits per heavy atom. The van der Waals surface area contributed by atoms with Crippen LogP contribution in [0, 0.1) is 0 Å². The fourth-order valence-electron chi connectivity index (χ4n) is 2.48. The summed E-state index contributed by atoms with van der Waals surface area (Å²) in [7, 11) is 0. The first-order valence-corrected chi connectivity index (χ1v) is 16.6. The second-order valence-electron chi connectivity index (χ2n) is 5.64. The molecule has 0 spiro atoms. The standard InChI is InChI=1S/C16H27I5N6/c1-2-8-25(9-3-17)14-22-15(26(10-4-18)11-5-19)24-16(23-14)27(12-6-20)13-7-21/h2-13H2,1H3. The molecule has 0 aliphatic heterocycles. The van der Waals surface area contributed by atoms with Crippen molar-refractivity contribution >= 4 is 131 Å². The van der Waals surface area contributed by atoms with E-state index in [-0.39, 0.29) is 0 Å². The predicted octanol–water partition coefficient (Wildman–Crippen LogP) is 4.88. The minimum atomic E-state index is 0.824. The lowest BCUT2D eigenvalue weighted by atomic mass is 10.4. The number of hydrogen-bond donors (Lipinski definition) is 0. The molecule has 0 amide bonds. The zero-order valence-corrected chi connectivity index (χ0v) is 26.3. The molecule has 156 valence electrons. The van der Waals surface area contributed by atoms with Crippen molar-refractivity contribution in [1.82, 2.24) is 15.0 Å². The van der Waals surface area contributed by atoms with E-state index < -0.39 is 0 Å². The van der Waals surface area contributed by atoms with Crippen molar-refractivity contribution in [3.05, 3.63) is 0 Å². The summed E-state index contributed by atoms with van der Waals surface area (Å²) in [5.41, 5.74) is 0. The molecule has 0 aromatic carbocycles. The van der Waals surface area contributed by atoms with Gasteiger partial charge in [-0.05, 0) is 6.42 Å². The van der Waals surface area contributed by atoms with Gasteiger partial charge in [0.2, 0.25) is 17.8 Å². The van der Waals surface area contributed by atoms with Crippen LogP contribution in [0.4, 0.5) is 17.8 Å². The highest BCUT2D eigenvalue weighted by atomic mass is 127. The van der Waals surface area contributed by atoms with Crippen molar-refractivity contribution in [2.45, 2.75) is 13.3 Å². The summed E-state index contributed by atoms with van der Waals surface area (Å²) in [4.78, 5) is 21.6. The molecule has 0 atom stereocenters. The maximum atomic E-state index is 4.90. The van der Waals surface area contributed by atoms with Gasteiger partial charge in [-0.1, -0.05) is 120 Å². The maximum absolute atomic E-state index is 4.90. The van der Waals surface area contributed by atoms with Crippen LogP contribution in [0.3, 0.4) is 0 Å². The fourth-order valence-corrected chi connectivity index (χ4v) is 5.39. The molecule has 0 radical (unpaired) electrons. The zero-order valence-electron chi connectivity index (χ0n) is 15.6. The summed E-state index contributed by atoms with van der Waals surface area (Å²) in [6.45, 7) is 8.00. The van der Waals surface area contributed by atoms with Gasteiger partial charge >= 0.3 is 0 Å². The van der Waals surface area contributed by atoms with Crippen molar-refractivity contribution < 1.29 is 0 Å². The van der Waals surface area contributed by atoms with Gasteiger partial charge in [0.25, 0.3) is 0 Å². The Balaban J connectivity index is 3.38. The SMILES string of the molecule is CCCN(CCI)c1nc(N(CCI)CCI)nc(N(CCI)CCI)n1. The first-order chi connectivity index (χ1) is 13.1. The number of halogens is 5. The molecule has 27 heavy (non-hydrogen) atoms. The molecule has 0 bridgehead atoms. The van der Waals surface area contributed by atoms with Crippen LogP contribution >= 0.6 is 113 Å². The molecule has 0 saturated carbocycles. The summed E-state index contributed by atoms with van der Waals surface area (Å²) in [6.07, 6.45) is 1.09. The lowest BCUT2D eigenvalue weighted by molar-refractivity contribution is 0.739. The van der Waals surface area contributed by atoms with E-state index in [1.54, 1.807) is 0 Å². The first kappa shape index (κ1) is 27.1. The van der Waals surface area contributed by atoms with Crippen LogP contribution in [0.5, 0.6) is 0 Å². The molecule has 1 aromatic heterocycles. The highest BCUT2D eigenvalue weighted by Crippen LogP contribution is 2.20. The van der Waals surface area contributed by atoms with E-state index in [0.717, 1.165) is 85.7 Å². The number of rotatable bonds is 15. The lowest BCUT2D eigenvalue weighted by Crippen LogP contribution is -2.35. The van der Waals surface area contributed by atoms with Gasteiger partial charge in [-0.15, -0.1) is 0 Å². The molecule has 1 heterocycles. The second kappa shape index (κ2) is 16.7. The van der Waals surface area contributed by atoms with E-state index in [1.807, 2.05) is 0 Å². The molecule has 0 fully saturated rings. The Morgan fingerprint density at radius 1 is 0.519 bits per heavy atom. The Morgan fingerprint density at radius 2 is 0.778 bits per heavy atom. The van der Waals surface area contributed by atoms with Gasteiger partial charge in [0, 0.05) is 61.4 Å². The van der Waals surface area contributed by atoms with Gasteiger partial charge in [-0.2, -0.15) is 15.0 Å². The van der Waals surface area contributed by atoms with Gasteiger partial charge in [0.05, 0.1) is 0 Å². The molecule has 0 aliphatic carbocycles. The molecule has 0 unspecified atom stereocenters. The molecule has 0 saturated heterocycles.